The zero-order valence-electron chi connectivity index (χ0n) is 20.4. The zero-order chi connectivity index (χ0) is 24.6. The zero-order valence-corrected chi connectivity index (χ0v) is 20.4. The van der Waals surface area contributed by atoms with Crippen LogP contribution in [-0.4, -0.2) is 52.8 Å². The molecule has 0 amide bonds. The maximum absolute atomic E-state index is 11.4. The molecule has 2 heterocycles. The quantitative estimate of drug-likeness (QED) is 0.498. The lowest BCUT2D eigenvalue weighted by atomic mass is 9.65. The van der Waals surface area contributed by atoms with Crippen LogP contribution in [-0.2, 0) is 20.9 Å². The monoisotopic (exact) mass is 474 g/mol. The van der Waals surface area contributed by atoms with Crippen molar-refractivity contribution in [1.82, 2.24) is 14.5 Å². The Morgan fingerprint density at radius 1 is 1.11 bits per heavy atom. The number of oxime groups is 1. The van der Waals surface area contributed by atoms with Gasteiger partial charge in [0.2, 0.25) is 0 Å². The van der Waals surface area contributed by atoms with Gasteiger partial charge in [0.05, 0.1) is 24.8 Å². The van der Waals surface area contributed by atoms with E-state index in [2.05, 4.69) is 10.1 Å². The first-order valence-electron chi connectivity index (χ1n) is 11.6. The van der Waals surface area contributed by atoms with Gasteiger partial charge in [0.25, 0.3) is 5.72 Å². The molecule has 182 valence electrons. The maximum atomic E-state index is 11.4. The van der Waals surface area contributed by atoms with Crippen molar-refractivity contribution in [2.24, 2.45) is 5.16 Å². The van der Waals surface area contributed by atoms with Crippen molar-refractivity contribution in [3.63, 3.8) is 0 Å². The molecule has 0 saturated carbocycles. The smallest absolute Gasteiger partial charge is 0.270 e. The van der Waals surface area contributed by atoms with Crippen molar-refractivity contribution in [2.75, 3.05) is 27.4 Å². The van der Waals surface area contributed by atoms with Crippen molar-refractivity contribution in [2.45, 2.75) is 31.6 Å². The van der Waals surface area contributed by atoms with Gasteiger partial charge in [0.1, 0.15) is 5.75 Å². The molecule has 2 atom stereocenters. The number of aryl methyl sites for hydroxylation is 1. The van der Waals surface area contributed by atoms with Gasteiger partial charge in [-0.1, -0.05) is 41.6 Å². The van der Waals surface area contributed by atoms with Gasteiger partial charge in [-0.2, -0.15) is 0 Å². The molecule has 8 heteroatoms. The van der Waals surface area contributed by atoms with Crippen LogP contribution in [0.2, 0.25) is 0 Å². The minimum atomic E-state index is -1.20. The van der Waals surface area contributed by atoms with Gasteiger partial charge in [-0.05, 0) is 49.6 Å². The average molecular weight is 475 g/mol. The molecular formula is C27H30N4O4. The molecule has 35 heavy (non-hydrogen) atoms. The van der Waals surface area contributed by atoms with Crippen LogP contribution in [0.4, 0.5) is 0 Å². The summed E-state index contributed by atoms with van der Waals surface area (Å²) < 4.78 is 12.9. The average Bonchev–Trinajstić information content (AvgIpc) is 3.47. The molecular weight excluding hydrogens is 444 g/mol. The van der Waals surface area contributed by atoms with Crippen molar-refractivity contribution >= 4 is 11.9 Å². The molecule has 2 aliphatic rings. The highest BCUT2D eigenvalue weighted by molar-refractivity contribution is 5.98. The second-order valence-electron chi connectivity index (χ2n) is 8.99. The van der Waals surface area contributed by atoms with Crippen LogP contribution in [0.15, 0.2) is 66.2 Å². The number of imidazole rings is 1. The van der Waals surface area contributed by atoms with E-state index in [0.717, 1.165) is 40.2 Å². The molecule has 1 aromatic heterocycles. The van der Waals surface area contributed by atoms with E-state index in [9.17, 15) is 5.11 Å². The Morgan fingerprint density at radius 2 is 1.91 bits per heavy atom. The number of rotatable bonds is 8. The van der Waals surface area contributed by atoms with Gasteiger partial charge in [-0.25, -0.2) is 4.98 Å². The van der Waals surface area contributed by atoms with E-state index < -0.39 is 11.3 Å². The summed E-state index contributed by atoms with van der Waals surface area (Å²) in [6.07, 6.45) is 8.37. The number of benzene rings is 2. The number of methoxy groups -OCH3 is 2. The predicted molar refractivity (Wildman–Crippen MR) is 133 cm³/mol. The summed E-state index contributed by atoms with van der Waals surface area (Å²) >= 11 is 0. The number of fused-ring (bicyclic) bond motifs is 2. The highest BCUT2D eigenvalue weighted by Gasteiger charge is 2.69. The van der Waals surface area contributed by atoms with E-state index >= 15 is 0 Å². The van der Waals surface area contributed by atoms with Gasteiger partial charge >= 0.3 is 0 Å². The van der Waals surface area contributed by atoms with Crippen LogP contribution in [0.3, 0.4) is 0 Å². The SMILES string of the molecule is COCCCN1C(/C=C/c2ccc(-n3cnc(C)c3)c(OC)c2)=NOC12c1ccccc1C2(C)O. The molecule has 0 fully saturated rings. The van der Waals surface area contributed by atoms with Crippen LogP contribution in [0, 0.1) is 6.92 Å². The third kappa shape index (κ3) is 3.61. The van der Waals surface area contributed by atoms with E-state index in [1.807, 2.05) is 77.2 Å². The predicted octanol–water partition coefficient (Wildman–Crippen LogP) is 3.96. The molecule has 2 aromatic carbocycles. The Morgan fingerprint density at radius 3 is 2.63 bits per heavy atom. The summed E-state index contributed by atoms with van der Waals surface area (Å²) in [4.78, 5) is 12.4. The summed E-state index contributed by atoms with van der Waals surface area (Å²) in [5.74, 6) is 1.38. The van der Waals surface area contributed by atoms with Crippen LogP contribution in [0.25, 0.3) is 11.8 Å². The maximum Gasteiger partial charge on any atom is 0.270 e. The summed E-state index contributed by atoms with van der Waals surface area (Å²) in [5, 5.41) is 15.8. The fourth-order valence-corrected chi connectivity index (χ4v) is 5.00. The molecule has 8 nitrogen and oxygen atoms in total. The fourth-order valence-electron chi connectivity index (χ4n) is 5.00. The molecule has 0 saturated heterocycles. The molecule has 1 spiro atoms. The largest absolute Gasteiger partial charge is 0.495 e. The first kappa shape index (κ1) is 23.1. The Kier molecular flexibility index (Phi) is 5.86. The molecule has 2 unspecified atom stereocenters. The highest BCUT2D eigenvalue weighted by Crippen LogP contribution is 2.59. The molecule has 1 aliphatic carbocycles. The summed E-state index contributed by atoms with van der Waals surface area (Å²) in [6, 6.07) is 13.8. The van der Waals surface area contributed by atoms with E-state index in [4.69, 9.17) is 14.3 Å². The van der Waals surface area contributed by atoms with E-state index in [-0.39, 0.29) is 0 Å². The first-order chi connectivity index (χ1) is 16.9. The van der Waals surface area contributed by atoms with Crippen LogP contribution in [0.1, 0.15) is 35.7 Å². The van der Waals surface area contributed by atoms with Gasteiger partial charge in [-0.15, -0.1) is 0 Å². The summed E-state index contributed by atoms with van der Waals surface area (Å²) in [6.45, 7) is 4.94. The lowest BCUT2D eigenvalue weighted by Gasteiger charge is -2.55. The second kappa shape index (κ2) is 8.87. The van der Waals surface area contributed by atoms with Crippen molar-refractivity contribution in [3.8, 4) is 11.4 Å². The summed E-state index contributed by atoms with van der Waals surface area (Å²) in [5.41, 5.74) is 2.31. The molecule has 5 rings (SSSR count). The van der Waals surface area contributed by atoms with Crippen molar-refractivity contribution < 1.29 is 19.4 Å². The van der Waals surface area contributed by atoms with E-state index in [1.54, 1.807) is 27.5 Å². The lowest BCUT2D eigenvalue weighted by Crippen LogP contribution is -2.65. The van der Waals surface area contributed by atoms with Gasteiger partial charge in [-0.3, -0.25) is 0 Å². The Bertz CT molecular complexity index is 1300. The number of hydrogen-bond acceptors (Lipinski definition) is 7. The molecule has 0 bridgehead atoms. The molecule has 1 N–H and O–H groups in total. The molecule has 1 aliphatic heterocycles. The third-order valence-electron chi connectivity index (χ3n) is 6.75. The topological polar surface area (TPSA) is 81.3 Å². The summed E-state index contributed by atoms with van der Waals surface area (Å²) in [7, 11) is 3.34. The van der Waals surface area contributed by atoms with Crippen molar-refractivity contribution in [1.29, 1.82) is 0 Å². The van der Waals surface area contributed by atoms with Gasteiger partial charge < -0.3 is 28.9 Å². The normalized spacial score (nSPS) is 22.8. The van der Waals surface area contributed by atoms with Crippen LogP contribution >= 0.6 is 0 Å². The number of ether oxygens (including phenoxy) is 2. The number of hydrogen-bond donors (Lipinski definition) is 1. The Labute approximate surface area is 205 Å². The molecule has 0 radical (unpaired) electrons. The number of aromatic nitrogens is 2. The van der Waals surface area contributed by atoms with Gasteiger partial charge in [0, 0.05) is 32.0 Å². The Balaban J connectivity index is 1.44. The minimum Gasteiger partial charge on any atom is -0.495 e. The second-order valence-corrected chi connectivity index (χ2v) is 8.99. The fraction of sp³-hybridized carbons (Fsp3) is 0.333. The van der Waals surface area contributed by atoms with Gasteiger partial charge in [0.15, 0.2) is 11.4 Å². The first-order valence-corrected chi connectivity index (χ1v) is 11.6. The van der Waals surface area contributed by atoms with Crippen LogP contribution in [0.5, 0.6) is 5.75 Å². The number of aliphatic hydroxyl groups is 1. The number of nitrogens with zero attached hydrogens (tertiary/aromatic N) is 4. The van der Waals surface area contributed by atoms with E-state index in [0.29, 0.717) is 19.0 Å². The number of amidine groups is 1. The third-order valence-corrected chi connectivity index (χ3v) is 6.75. The Hall–Kier alpha value is -3.62. The standard InChI is InChI=1S/C27H30N4O4/c1-19-17-30(18-28-19)23-12-10-20(16-24(23)34-4)11-13-25-29-35-27(31(25)14-7-15-33-3)22-9-6-5-8-21(22)26(27,2)32/h5-6,8-13,16-18,32H,7,14-15H2,1-4H3/b13-11+. The lowest BCUT2D eigenvalue weighted by molar-refractivity contribution is -0.260. The van der Waals surface area contributed by atoms with E-state index in [1.165, 1.54) is 0 Å². The minimum absolute atomic E-state index is 0.597. The van der Waals surface area contributed by atoms with Crippen molar-refractivity contribution in [3.05, 3.63) is 83.4 Å². The molecule has 3 aromatic rings. The van der Waals surface area contributed by atoms with Crippen LogP contribution < -0.4 is 4.74 Å². The highest BCUT2D eigenvalue weighted by atomic mass is 16.7.